The van der Waals surface area contributed by atoms with E-state index in [-0.39, 0.29) is 17.8 Å². The Morgan fingerprint density at radius 3 is 2.95 bits per heavy atom. The van der Waals surface area contributed by atoms with Crippen molar-refractivity contribution in [3.63, 3.8) is 0 Å². The summed E-state index contributed by atoms with van der Waals surface area (Å²) in [5.74, 6) is 0.345. The van der Waals surface area contributed by atoms with Crippen molar-refractivity contribution in [1.82, 2.24) is 4.90 Å². The zero-order chi connectivity index (χ0) is 14.3. The van der Waals surface area contributed by atoms with Gasteiger partial charge >= 0.3 is 0 Å². The number of amides is 1. The molecule has 1 amide bonds. The van der Waals surface area contributed by atoms with Crippen LogP contribution >= 0.6 is 0 Å². The summed E-state index contributed by atoms with van der Waals surface area (Å²) in [6.07, 6.45) is 1.45. The minimum Gasteiger partial charge on any atom is -0.495 e. The van der Waals surface area contributed by atoms with Crippen LogP contribution in [-0.2, 0) is 4.79 Å². The molecule has 5 nitrogen and oxygen atoms in total. The van der Waals surface area contributed by atoms with Crippen LogP contribution in [-0.4, -0.2) is 43.6 Å². The number of methoxy groups -OCH3 is 1. The third-order valence-electron chi connectivity index (χ3n) is 4.13. The van der Waals surface area contributed by atoms with Crippen LogP contribution in [0.15, 0.2) is 12.1 Å². The Bertz CT molecular complexity index is 549. The molecular weight excluding hydrogens is 261 g/mol. The Morgan fingerprint density at radius 2 is 2.20 bits per heavy atom. The molecule has 1 unspecified atom stereocenters. The second kappa shape index (κ2) is 4.85. The molecule has 2 aliphatic heterocycles. The molecule has 1 aromatic carbocycles. The number of rotatable bonds is 2. The van der Waals surface area contributed by atoms with E-state index >= 15 is 0 Å². The van der Waals surface area contributed by atoms with E-state index in [1.54, 1.807) is 6.07 Å². The van der Waals surface area contributed by atoms with Gasteiger partial charge in [-0.3, -0.25) is 4.79 Å². The van der Waals surface area contributed by atoms with Gasteiger partial charge in [-0.25, -0.2) is 4.39 Å². The fraction of sp³-hybridized carbons (Fsp3) is 0.500. The number of nitrogens with two attached hydrogens (primary N) is 1. The lowest BCUT2D eigenvalue weighted by Gasteiger charge is -2.39. The minimum atomic E-state index is -0.346. The van der Waals surface area contributed by atoms with Crippen LogP contribution in [0.2, 0.25) is 0 Å². The minimum absolute atomic E-state index is 0.194. The van der Waals surface area contributed by atoms with Crippen molar-refractivity contribution in [2.75, 3.05) is 37.4 Å². The maximum Gasteiger partial charge on any atom is 0.223 e. The van der Waals surface area contributed by atoms with Gasteiger partial charge in [0.15, 0.2) is 0 Å². The lowest BCUT2D eigenvalue weighted by Crippen LogP contribution is -2.51. The van der Waals surface area contributed by atoms with Gasteiger partial charge in [0.05, 0.1) is 18.5 Å². The van der Waals surface area contributed by atoms with Crippen molar-refractivity contribution >= 4 is 17.3 Å². The van der Waals surface area contributed by atoms with Crippen LogP contribution in [0.5, 0.6) is 5.75 Å². The van der Waals surface area contributed by atoms with Gasteiger partial charge in [-0.1, -0.05) is 0 Å². The Kier molecular flexibility index (Phi) is 3.16. The molecule has 0 saturated carbocycles. The van der Waals surface area contributed by atoms with Crippen molar-refractivity contribution in [2.24, 2.45) is 0 Å². The fourth-order valence-electron chi connectivity index (χ4n) is 3.06. The van der Waals surface area contributed by atoms with E-state index in [0.29, 0.717) is 43.2 Å². The molecule has 2 N–H and O–H groups in total. The molecular formula is C14H18FN3O2. The number of nitrogens with zero attached hydrogens (tertiary/aromatic N) is 2. The van der Waals surface area contributed by atoms with E-state index in [4.69, 9.17) is 10.5 Å². The van der Waals surface area contributed by atoms with Crippen molar-refractivity contribution in [2.45, 2.75) is 18.9 Å². The van der Waals surface area contributed by atoms with Crippen molar-refractivity contribution in [3.05, 3.63) is 17.9 Å². The summed E-state index contributed by atoms with van der Waals surface area (Å²) >= 11 is 0. The number of nitrogen functional groups attached to an aromatic ring is 1. The normalized spacial score (nSPS) is 22.1. The second-order valence-corrected chi connectivity index (χ2v) is 5.27. The third-order valence-corrected chi connectivity index (χ3v) is 4.13. The first-order chi connectivity index (χ1) is 9.60. The van der Waals surface area contributed by atoms with Gasteiger partial charge in [0, 0.05) is 44.2 Å². The number of ether oxygens (including phenoxy) is 1. The first-order valence-corrected chi connectivity index (χ1v) is 6.77. The molecule has 0 radical (unpaired) electrons. The van der Waals surface area contributed by atoms with Crippen LogP contribution in [0.25, 0.3) is 0 Å². The molecule has 0 aliphatic carbocycles. The monoisotopic (exact) mass is 279 g/mol. The summed E-state index contributed by atoms with van der Waals surface area (Å²) < 4.78 is 19.3. The predicted molar refractivity (Wildman–Crippen MR) is 74.3 cm³/mol. The second-order valence-electron chi connectivity index (χ2n) is 5.27. The van der Waals surface area contributed by atoms with Crippen LogP contribution < -0.4 is 15.4 Å². The SMILES string of the molecule is COc1cc(N2CCN3C(=O)CCC3C2)c(F)cc1N. The summed E-state index contributed by atoms with van der Waals surface area (Å²) in [5.41, 5.74) is 6.49. The number of benzene rings is 1. The summed E-state index contributed by atoms with van der Waals surface area (Å²) in [6, 6.07) is 3.12. The highest BCUT2D eigenvalue weighted by molar-refractivity contribution is 5.79. The lowest BCUT2D eigenvalue weighted by molar-refractivity contribution is -0.129. The maximum atomic E-state index is 14.1. The Hall–Kier alpha value is -1.98. The number of carbonyl (C=O) groups is 1. The number of fused-ring (bicyclic) bond motifs is 1. The molecule has 1 aromatic rings. The molecule has 20 heavy (non-hydrogen) atoms. The molecule has 0 bridgehead atoms. The van der Waals surface area contributed by atoms with Crippen molar-refractivity contribution in [1.29, 1.82) is 0 Å². The van der Waals surface area contributed by atoms with Gasteiger partial charge < -0.3 is 20.3 Å². The summed E-state index contributed by atoms with van der Waals surface area (Å²) in [4.78, 5) is 15.5. The van der Waals surface area contributed by atoms with Crippen LogP contribution in [0.3, 0.4) is 0 Å². The zero-order valence-corrected chi connectivity index (χ0v) is 11.4. The van der Waals surface area contributed by atoms with Crippen molar-refractivity contribution < 1.29 is 13.9 Å². The molecule has 2 fully saturated rings. The maximum absolute atomic E-state index is 14.1. The topological polar surface area (TPSA) is 58.8 Å². The average molecular weight is 279 g/mol. The van der Waals surface area contributed by atoms with E-state index in [1.807, 2.05) is 9.80 Å². The molecule has 0 aromatic heterocycles. The summed E-state index contributed by atoms with van der Waals surface area (Å²) in [5, 5.41) is 0. The third kappa shape index (κ3) is 2.05. The number of hydrogen-bond acceptors (Lipinski definition) is 4. The number of piperazine rings is 1. The highest BCUT2D eigenvalue weighted by Gasteiger charge is 2.36. The lowest BCUT2D eigenvalue weighted by atomic mass is 10.1. The predicted octanol–water partition coefficient (Wildman–Crippen LogP) is 1.23. The number of anilines is 2. The quantitative estimate of drug-likeness (QED) is 0.827. The smallest absolute Gasteiger partial charge is 0.223 e. The molecule has 2 saturated heterocycles. The summed E-state index contributed by atoms with van der Waals surface area (Å²) in [7, 11) is 1.51. The Labute approximate surface area is 117 Å². The highest BCUT2D eigenvalue weighted by atomic mass is 19.1. The molecule has 6 heteroatoms. The molecule has 3 rings (SSSR count). The van der Waals surface area contributed by atoms with E-state index in [1.165, 1.54) is 13.2 Å². The van der Waals surface area contributed by atoms with E-state index in [0.717, 1.165) is 6.42 Å². The number of hydrogen-bond donors (Lipinski definition) is 1. The fourth-order valence-corrected chi connectivity index (χ4v) is 3.06. The van der Waals surface area contributed by atoms with Gasteiger partial charge in [-0.05, 0) is 6.42 Å². The van der Waals surface area contributed by atoms with Gasteiger partial charge in [0.2, 0.25) is 5.91 Å². The number of halogens is 1. The largest absolute Gasteiger partial charge is 0.495 e. The average Bonchev–Trinajstić information content (AvgIpc) is 2.80. The van der Waals surface area contributed by atoms with Gasteiger partial charge in [0.25, 0.3) is 0 Å². The highest BCUT2D eigenvalue weighted by Crippen LogP contribution is 2.33. The van der Waals surface area contributed by atoms with E-state index in [9.17, 15) is 9.18 Å². The molecule has 1 atom stereocenters. The number of carbonyl (C=O) groups excluding carboxylic acids is 1. The molecule has 108 valence electrons. The Morgan fingerprint density at radius 1 is 1.40 bits per heavy atom. The van der Waals surface area contributed by atoms with Crippen molar-refractivity contribution in [3.8, 4) is 5.75 Å². The van der Waals surface area contributed by atoms with Crippen LogP contribution in [0, 0.1) is 5.82 Å². The molecule has 2 heterocycles. The van der Waals surface area contributed by atoms with Gasteiger partial charge in [-0.15, -0.1) is 0 Å². The van der Waals surface area contributed by atoms with Gasteiger partial charge in [-0.2, -0.15) is 0 Å². The summed E-state index contributed by atoms with van der Waals surface area (Å²) in [6.45, 7) is 1.94. The Balaban J connectivity index is 1.85. The van der Waals surface area contributed by atoms with Crippen LogP contribution in [0.1, 0.15) is 12.8 Å². The molecule has 2 aliphatic rings. The first kappa shape index (κ1) is 13.0. The first-order valence-electron chi connectivity index (χ1n) is 6.77. The zero-order valence-electron chi connectivity index (χ0n) is 11.4. The van der Waals surface area contributed by atoms with E-state index < -0.39 is 0 Å². The standard InChI is InChI=1S/C14H18FN3O2/c1-20-13-7-12(10(15)6-11(13)16)17-4-5-18-9(8-17)2-3-14(18)19/h6-7,9H,2-5,8,16H2,1H3. The van der Waals surface area contributed by atoms with Gasteiger partial charge in [0.1, 0.15) is 11.6 Å². The van der Waals surface area contributed by atoms with Crippen LogP contribution in [0.4, 0.5) is 15.8 Å². The molecule has 0 spiro atoms. The van der Waals surface area contributed by atoms with E-state index in [2.05, 4.69) is 0 Å².